The fraction of sp³-hybridized carbons (Fsp3) is 0.100. The average Bonchev–Trinajstić information content (AvgIpc) is 2.93. The molecule has 212 valence electrons. The Morgan fingerprint density at radius 2 is 0.854 bits per heavy atom. The van der Waals surface area contributed by atoms with Gasteiger partial charge >= 0.3 is 7.82 Å². The van der Waals surface area contributed by atoms with E-state index in [1.807, 2.05) is 0 Å². The standard InChI is InChI=1S/C30H30N3O7P/c1-7-28(34)31-25-16-22(13-10-19(25)4)38-41(37,39-23-14-11-20(5)26(17-23)32-29(35)8-2)40-24-15-12-21(6)27(18-24)33-30(36)9-3/h7-18H,1-3H2,4-6H3,(H,31,34)(H,32,35)(H,33,36). The number of rotatable bonds is 12. The highest BCUT2D eigenvalue weighted by atomic mass is 31.2. The van der Waals surface area contributed by atoms with Gasteiger partial charge in [0.25, 0.3) is 0 Å². The van der Waals surface area contributed by atoms with Crippen molar-refractivity contribution in [3.8, 4) is 17.2 Å². The first-order valence-corrected chi connectivity index (χ1v) is 13.7. The largest absolute Gasteiger partial charge is 0.647 e. The summed E-state index contributed by atoms with van der Waals surface area (Å²) in [4.78, 5) is 35.6. The lowest BCUT2D eigenvalue weighted by molar-refractivity contribution is -0.112. The molecule has 0 saturated carbocycles. The van der Waals surface area contributed by atoms with Crippen LogP contribution in [0.4, 0.5) is 17.1 Å². The molecule has 0 aromatic heterocycles. The van der Waals surface area contributed by atoms with Crippen LogP contribution in [-0.2, 0) is 18.9 Å². The lowest BCUT2D eigenvalue weighted by Gasteiger charge is -2.21. The quantitative estimate of drug-likeness (QED) is 0.163. The Labute approximate surface area is 238 Å². The summed E-state index contributed by atoms with van der Waals surface area (Å²) in [7, 11) is -4.51. The molecule has 0 unspecified atom stereocenters. The normalized spacial score (nSPS) is 10.5. The van der Waals surface area contributed by atoms with Gasteiger partial charge in [0.2, 0.25) is 17.7 Å². The summed E-state index contributed by atoms with van der Waals surface area (Å²) in [6.07, 6.45) is 3.35. The maximum Gasteiger partial charge on any atom is 0.647 e. The highest BCUT2D eigenvalue weighted by Gasteiger charge is 2.34. The van der Waals surface area contributed by atoms with Crippen LogP contribution in [0.3, 0.4) is 0 Å². The van der Waals surface area contributed by atoms with Crippen LogP contribution in [0.15, 0.2) is 92.6 Å². The van der Waals surface area contributed by atoms with Crippen molar-refractivity contribution in [2.75, 3.05) is 16.0 Å². The lowest BCUT2D eigenvalue weighted by atomic mass is 10.2. The van der Waals surface area contributed by atoms with Gasteiger partial charge in [0, 0.05) is 35.3 Å². The molecule has 0 bridgehead atoms. The van der Waals surface area contributed by atoms with Gasteiger partial charge in [-0.3, -0.25) is 14.4 Å². The summed E-state index contributed by atoms with van der Waals surface area (Å²) in [6.45, 7) is 15.6. The second kappa shape index (κ2) is 13.3. The number of hydrogen-bond acceptors (Lipinski definition) is 7. The molecule has 3 amide bonds. The zero-order chi connectivity index (χ0) is 30.2. The first-order valence-electron chi connectivity index (χ1n) is 12.3. The van der Waals surface area contributed by atoms with Crippen molar-refractivity contribution in [3.05, 3.63) is 109 Å². The molecule has 3 aromatic rings. The van der Waals surface area contributed by atoms with Crippen molar-refractivity contribution in [3.63, 3.8) is 0 Å². The smallest absolute Gasteiger partial charge is 0.386 e. The number of anilines is 3. The van der Waals surface area contributed by atoms with Crippen molar-refractivity contribution in [2.24, 2.45) is 0 Å². The minimum atomic E-state index is -4.51. The van der Waals surface area contributed by atoms with E-state index in [0.29, 0.717) is 33.8 Å². The van der Waals surface area contributed by atoms with Crippen molar-refractivity contribution in [1.29, 1.82) is 0 Å². The first kappa shape index (κ1) is 30.5. The number of nitrogens with one attached hydrogen (secondary N) is 3. The van der Waals surface area contributed by atoms with Crippen molar-refractivity contribution < 1.29 is 32.5 Å². The molecule has 0 saturated heterocycles. The molecule has 11 heteroatoms. The molecule has 3 N–H and O–H groups in total. The average molecular weight is 576 g/mol. The van der Waals surface area contributed by atoms with E-state index in [4.69, 9.17) is 13.6 Å². The number of amides is 3. The van der Waals surface area contributed by atoms with Gasteiger partial charge in [0.1, 0.15) is 17.2 Å². The van der Waals surface area contributed by atoms with E-state index < -0.39 is 25.5 Å². The minimum absolute atomic E-state index is 0.0675. The van der Waals surface area contributed by atoms with E-state index in [0.717, 1.165) is 18.2 Å². The molecular weight excluding hydrogens is 545 g/mol. The second-order valence-electron chi connectivity index (χ2n) is 8.73. The van der Waals surface area contributed by atoms with E-state index in [2.05, 4.69) is 35.7 Å². The van der Waals surface area contributed by atoms with Crippen LogP contribution < -0.4 is 29.5 Å². The molecule has 0 aliphatic heterocycles. The maximum absolute atomic E-state index is 14.2. The molecule has 0 aliphatic rings. The molecule has 0 fully saturated rings. The Hall–Kier alpha value is -5.08. The molecule has 0 spiro atoms. The van der Waals surface area contributed by atoms with Gasteiger partial charge in [-0.2, -0.15) is 4.57 Å². The predicted octanol–water partition coefficient (Wildman–Crippen LogP) is 6.63. The predicted molar refractivity (Wildman–Crippen MR) is 160 cm³/mol. The summed E-state index contributed by atoms with van der Waals surface area (Å²) >= 11 is 0. The Kier molecular flexibility index (Phi) is 9.90. The van der Waals surface area contributed by atoms with Crippen molar-refractivity contribution >= 4 is 42.6 Å². The number of carbonyl (C=O) groups is 3. The van der Waals surface area contributed by atoms with E-state index in [1.165, 1.54) is 36.4 Å². The van der Waals surface area contributed by atoms with Crippen LogP contribution in [0.5, 0.6) is 17.2 Å². The summed E-state index contributed by atoms with van der Waals surface area (Å²) in [5, 5.41) is 7.97. The molecule has 0 heterocycles. The Morgan fingerprint density at radius 1 is 0.585 bits per heavy atom. The number of hydrogen-bond donors (Lipinski definition) is 3. The molecule has 3 aromatic carbocycles. The van der Waals surface area contributed by atoms with E-state index >= 15 is 0 Å². The summed E-state index contributed by atoms with van der Waals surface area (Å²) < 4.78 is 31.5. The van der Waals surface area contributed by atoms with Gasteiger partial charge in [-0.15, -0.1) is 0 Å². The van der Waals surface area contributed by atoms with Crippen LogP contribution in [0.25, 0.3) is 0 Å². The third-order valence-corrected chi connectivity index (χ3v) is 6.91. The van der Waals surface area contributed by atoms with Crippen LogP contribution >= 0.6 is 7.82 Å². The SMILES string of the molecule is C=CC(=O)Nc1cc(OP(=O)(Oc2ccc(C)c(NC(=O)C=C)c2)Oc2ccc(C)c(NC(=O)C=C)c2)ccc1C. The van der Waals surface area contributed by atoms with Crippen LogP contribution in [0, 0.1) is 20.8 Å². The minimum Gasteiger partial charge on any atom is -0.386 e. The third kappa shape index (κ3) is 8.45. The maximum atomic E-state index is 14.2. The highest BCUT2D eigenvalue weighted by Crippen LogP contribution is 2.51. The van der Waals surface area contributed by atoms with E-state index in [9.17, 15) is 18.9 Å². The van der Waals surface area contributed by atoms with Gasteiger partial charge in [-0.25, -0.2) is 0 Å². The van der Waals surface area contributed by atoms with Gasteiger partial charge in [0.05, 0.1) is 0 Å². The number of phosphoric ester groups is 1. The Morgan fingerprint density at radius 3 is 1.10 bits per heavy atom. The van der Waals surface area contributed by atoms with Gasteiger partial charge < -0.3 is 29.5 Å². The number of carbonyl (C=O) groups excluding carboxylic acids is 3. The lowest BCUT2D eigenvalue weighted by Crippen LogP contribution is -2.12. The van der Waals surface area contributed by atoms with Crippen molar-refractivity contribution in [2.45, 2.75) is 20.8 Å². The monoisotopic (exact) mass is 575 g/mol. The number of phosphoric acid groups is 1. The molecule has 3 rings (SSSR count). The zero-order valence-corrected chi connectivity index (χ0v) is 23.7. The fourth-order valence-electron chi connectivity index (χ4n) is 3.37. The molecule has 41 heavy (non-hydrogen) atoms. The first-order chi connectivity index (χ1) is 19.4. The van der Waals surface area contributed by atoms with Crippen LogP contribution in [0.2, 0.25) is 0 Å². The van der Waals surface area contributed by atoms with Crippen LogP contribution in [-0.4, -0.2) is 17.7 Å². The second-order valence-corrected chi connectivity index (χ2v) is 10.2. The number of aryl methyl sites for hydroxylation is 3. The third-order valence-electron chi connectivity index (χ3n) is 5.61. The number of benzene rings is 3. The molecule has 0 aliphatic carbocycles. The topological polar surface area (TPSA) is 132 Å². The fourth-order valence-corrected chi connectivity index (χ4v) is 4.60. The molecule has 10 nitrogen and oxygen atoms in total. The molecule has 0 radical (unpaired) electrons. The highest BCUT2D eigenvalue weighted by molar-refractivity contribution is 7.49. The van der Waals surface area contributed by atoms with Gasteiger partial charge in [0.15, 0.2) is 0 Å². The van der Waals surface area contributed by atoms with Crippen molar-refractivity contribution in [1.82, 2.24) is 0 Å². The molecular formula is C30H30N3O7P. The van der Waals surface area contributed by atoms with Gasteiger partial charge in [-0.1, -0.05) is 37.9 Å². The van der Waals surface area contributed by atoms with Gasteiger partial charge in [-0.05, 0) is 73.9 Å². The van der Waals surface area contributed by atoms with E-state index in [-0.39, 0.29) is 17.2 Å². The zero-order valence-electron chi connectivity index (χ0n) is 22.9. The summed E-state index contributed by atoms with van der Waals surface area (Å²) in [6, 6.07) is 14.0. The molecule has 0 atom stereocenters. The summed E-state index contributed by atoms with van der Waals surface area (Å²) in [5.41, 5.74) is 3.33. The summed E-state index contributed by atoms with van der Waals surface area (Å²) in [5.74, 6) is -1.12. The Balaban J connectivity index is 2.03. The Bertz CT molecular complexity index is 1400. The van der Waals surface area contributed by atoms with E-state index in [1.54, 1.807) is 39.0 Å². The van der Waals surface area contributed by atoms with Crippen LogP contribution in [0.1, 0.15) is 16.7 Å².